The summed E-state index contributed by atoms with van der Waals surface area (Å²) >= 11 is 12.5. The van der Waals surface area contributed by atoms with Crippen LogP contribution >= 0.6 is 23.2 Å². The predicted molar refractivity (Wildman–Crippen MR) is 107 cm³/mol. The van der Waals surface area contributed by atoms with E-state index >= 15 is 0 Å². The zero-order valence-electron chi connectivity index (χ0n) is 15.1. The number of unbranched alkanes of at least 4 members (excludes halogenated alkanes) is 12. The Labute approximate surface area is 154 Å². The monoisotopic (exact) mass is 358 g/mol. The average molecular weight is 359 g/mol. The van der Waals surface area contributed by atoms with Crippen LogP contribution in [0.25, 0.3) is 0 Å². The molecule has 0 nitrogen and oxygen atoms in total. The Morgan fingerprint density at radius 2 is 1.30 bits per heavy atom. The zero-order chi connectivity index (χ0) is 16.8. The molecule has 0 spiro atoms. The molecule has 23 heavy (non-hydrogen) atoms. The Kier molecular flexibility index (Phi) is 12.3. The van der Waals surface area contributed by atoms with Crippen molar-refractivity contribution in [3.63, 3.8) is 0 Å². The quantitative estimate of drug-likeness (QED) is 0.215. The van der Waals surface area contributed by atoms with Crippen molar-refractivity contribution in [3.8, 4) is 0 Å². The van der Waals surface area contributed by atoms with Gasteiger partial charge >= 0.3 is 0 Å². The highest BCUT2D eigenvalue weighted by Crippen LogP contribution is 2.33. The van der Waals surface area contributed by atoms with Crippen molar-refractivity contribution in [1.29, 1.82) is 0 Å². The van der Waals surface area contributed by atoms with Gasteiger partial charge in [0.25, 0.3) is 0 Å². The van der Waals surface area contributed by atoms with Gasteiger partial charge in [-0.3, -0.25) is 0 Å². The lowest BCUT2D eigenvalue weighted by Crippen LogP contribution is -2.19. The molecule has 0 fully saturated rings. The van der Waals surface area contributed by atoms with Crippen molar-refractivity contribution < 1.29 is 0 Å². The predicted octanol–water partition coefficient (Wildman–Crippen LogP) is 8.53. The molecule has 0 aromatic carbocycles. The summed E-state index contributed by atoms with van der Waals surface area (Å²) in [6, 6.07) is 0. The van der Waals surface area contributed by atoms with E-state index in [4.69, 9.17) is 23.2 Å². The van der Waals surface area contributed by atoms with Crippen LogP contribution in [-0.4, -0.2) is 4.87 Å². The van der Waals surface area contributed by atoms with Gasteiger partial charge in [-0.25, -0.2) is 0 Å². The van der Waals surface area contributed by atoms with Crippen LogP contribution in [0.3, 0.4) is 0 Å². The number of allylic oxidation sites excluding steroid dienone is 4. The van der Waals surface area contributed by atoms with Crippen molar-refractivity contribution >= 4 is 23.2 Å². The minimum Gasteiger partial charge on any atom is -0.114 e. The number of hydrogen-bond acceptors (Lipinski definition) is 0. The standard InChI is InChI=1S/C21H36Cl2/c1-2-3-4-5-6-7-8-9-10-11-12-13-14-17-21(23)18-15-20(22)16-19-21/h15-16,18H,2-14,17,19H2,1H3. The average Bonchev–Trinajstić information content (AvgIpc) is 2.55. The lowest BCUT2D eigenvalue weighted by molar-refractivity contribution is 0.519. The highest BCUT2D eigenvalue weighted by Gasteiger charge is 2.24. The minimum atomic E-state index is -0.170. The molecule has 0 heterocycles. The molecule has 0 aromatic rings. The molecule has 1 unspecified atom stereocenters. The number of rotatable bonds is 14. The second kappa shape index (κ2) is 13.4. The maximum absolute atomic E-state index is 6.59. The van der Waals surface area contributed by atoms with Gasteiger partial charge in [0, 0.05) is 5.03 Å². The molecular formula is C21H36Cl2. The summed E-state index contributed by atoms with van der Waals surface area (Å²) in [5.74, 6) is 0. The minimum absolute atomic E-state index is 0.170. The summed E-state index contributed by atoms with van der Waals surface area (Å²) in [6.07, 6.45) is 26.2. The molecule has 0 aromatic heterocycles. The van der Waals surface area contributed by atoms with Crippen molar-refractivity contribution in [2.45, 2.75) is 108 Å². The SMILES string of the molecule is CCCCCCCCCCCCCCCC1(Cl)C=CC(Cl)=CC1. The normalized spacial score (nSPS) is 20.7. The molecule has 0 aliphatic heterocycles. The van der Waals surface area contributed by atoms with Crippen LogP contribution in [0, 0.1) is 0 Å². The van der Waals surface area contributed by atoms with Gasteiger partial charge in [-0.2, -0.15) is 0 Å². The van der Waals surface area contributed by atoms with Gasteiger partial charge in [0.05, 0.1) is 4.87 Å². The lowest BCUT2D eigenvalue weighted by Gasteiger charge is -2.24. The van der Waals surface area contributed by atoms with E-state index in [1.54, 1.807) is 0 Å². The van der Waals surface area contributed by atoms with Crippen LogP contribution < -0.4 is 0 Å². The van der Waals surface area contributed by atoms with Crippen LogP contribution in [0.1, 0.15) is 103 Å². The van der Waals surface area contributed by atoms with E-state index in [1.807, 2.05) is 12.2 Å². The molecule has 1 atom stereocenters. The highest BCUT2D eigenvalue weighted by atomic mass is 35.5. The Hall–Kier alpha value is 0.0600. The molecule has 1 aliphatic rings. The van der Waals surface area contributed by atoms with Gasteiger partial charge in [0.2, 0.25) is 0 Å². The molecular weight excluding hydrogens is 323 g/mol. The summed E-state index contributed by atoms with van der Waals surface area (Å²) in [7, 11) is 0. The number of hydrogen-bond donors (Lipinski definition) is 0. The molecule has 0 saturated heterocycles. The van der Waals surface area contributed by atoms with Crippen LogP contribution in [0.5, 0.6) is 0 Å². The topological polar surface area (TPSA) is 0 Å². The third-order valence-corrected chi connectivity index (χ3v) is 5.62. The fourth-order valence-electron chi connectivity index (χ4n) is 3.25. The second-order valence-electron chi connectivity index (χ2n) is 7.15. The summed E-state index contributed by atoms with van der Waals surface area (Å²) in [4.78, 5) is -0.170. The highest BCUT2D eigenvalue weighted by molar-refractivity contribution is 6.32. The first-order valence-electron chi connectivity index (χ1n) is 9.90. The molecule has 1 rings (SSSR count). The van der Waals surface area contributed by atoms with E-state index < -0.39 is 0 Å². The van der Waals surface area contributed by atoms with Gasteiger partial charge < -0.3 is 0 Å². The first kappa shape index (κ1) is 21.1. The van der Waals surface area contributed by atoms with Crippen LogP contribution in [0.4, 0.5) is 0 Å². The summed E-state index contributed by atoms with van der Waals surface area (Å²) < 4.78 is 0. The molecule has 0 radical (unpaired) electrons. The summed E-state index contributed by atoms with van der Waals surface area (Å²) in [6.45, 7) is 2.28. The molecule has 0 saturated carbocycles. The summed E-state index contributed by atoms with van der Waals surface area (Å²) in [5, 5.41) is 0.826. The molecule has 0 bridgehead atoms. The van der Waals surface area contributed by atoms with Crippen molar-refractivity contribution in [2.75, 3.05) is 0 Å². The van der Waals surface area contributed by atoms with Gasteiger partial charge in [-0.05, 0) is 18.9 Å². The van der Waals surface area contributed by atoms with Crippen LogP contribution in [-0.2, 0) is 0 Å². The first-order valence-corrected chi connectivity index (χ1v) is 10.7. The maximum atomic E-state index is 6.59. The molecule has 1 aliphatic carbocycles. The van der Waals surface area contributed by atoms with Gasteiger partial charge in [-0.1, -0.05) is 114 Å². The molecule has 134 valence electrons. The van der Waals surface area contributed by atoms with Crippen LogP contribution in [0.2, 0.25) is 0 Å². The van der Waals surface area contributed by atoms with Gasteiger partial charge in [-0.15, -0.1) is 11.6 Å². The molecule has 0 N–H and O–H groups in total. The third kappa shape index (κ3) is 11.3. The summed E-state index contributed by atoms with van der Waals surface area (Å²) in [5.41, 5.74) is 0. The van der Waals surface area contributed by atoms with E-state index in [2.05, 4.69) is 13.0 Å². The van der Waals surface area contributed by atoms with Gasteiger partial charge in [0.15, 0.2) is 0 Å². The van der Waals surface area contributed by atoms with E-state index in [0.717, 1.165) is 17.9 Å². The van der Waals surface area contributed by atoms with E-state index in [9.17, 15) is 0 Å². The Bertz CT molecular complexity index is 346. The largest absolute Gasteiger partial charge is 0.114 e. The van der Waals surface area contributed by atoms with Crippen molar-refractivity contribution in [1.82, 2.24) is 0 Å². The zero-order valence-corrected chi connectivity index (χ0v) is 16.6. The molecule has 2 heteroatoms. The smallest absolute Gasteiger partial charge is 0.0664 e. The Morgan fingerprint density at radius 1 is 0.826 bits per heavy atom. The Balaban J connectivity index is 1.83. The van der Waals surface area contributed by atoms with Crippen LogP contribution in [0.15, 0.2) is 23.3 Å². The van der Waals surface area contributed by atoms with Crippen molar-refractivity contribution in [2.24, 2.45) is 0 Å². The van der Waals surface area contributed by atoms with Crippen molar-refractivity contribution in [3.05, 3.63) is 23.3 Å². The fraction of sp³-hybridized carbons (Fsp3) is 0.810. The number of alkyl halides is 1. The van der Waals surface area contributed by atoms with E-state index in [0.29, 0.717) is 0 Å². The van der Waals surface area contributed by atoms with E-state index in [1.165, 1.54) is 83.5 Å². The lowest BCUT2D eigenvalue weighted by atomic mass is 9.93. The third-order valence-electron chi connectivity index (χ3n) is 4.87. The molecule has 0 amide bonds. The number of halogens is 2. The fourth-order valence-corrected chi connectivity index (χ4v) is 3.67. The van der Waals surface area contributed by atoms with E-state index in [-0.39, 0.29) is 4.87 Å². The first-order chi connectivity index (χ1) is 11.2. The second-order valence-corrected chi connectivity index (χ2v) is 8.34. The Morgan fingerprint density at radius 3 is 1.74 bits per heavy atom. The maximum Gasteiger partial charge on any atom is 0.0664 e. The van der Waals surface area contributed by atoms with Gasteiger partial charge in [0.1, 0.15) is 0 Å².